The molecule has 0 aromatic heterocycles. The van der Waals surface area contributed by atoms with Crippen LogP contribution in [-0.4, -0.2) is 6.54 Å². The third kappa shape index (κ3) is 1.58. The summed E-state index contributed by atoms with van der Waals surface area (Å²) in [5.74, 6) is 0.227. The molecule has 2 aromatic rings. The van der Waals surface area contributed by atoms with Gasteiger partial charge in [0.05, 0.1) is 10.0 Å². The van der Waals surface area contributed by atoms with Crippen molar-refractivity contribution in [3.63, 3.8) is 0 Å². The van der Waals surface area contributed by atoms with Crippen molar-refractivity contribution in [2.75, 3.05) is 6.54 Å². The summed E-state index contributed by atoms with van der Waals surface area (Å²) in [6.45, 7) is 2.67. The summed E-state index contributed by atoms with van der Waals surface area (Å²) in [5.41, 5.74) is 11.8. The van der Waals surface area contributed by atoms with Crippen LogP contribution in [0.5, 0.6) is 0 Å². The lowest BCUT2D eigenvalue weighted by Gasteiger charge is -2.11. The molecule has 0 spiro atoms. The van der Waals surface area contributed by atoms with E-state index < -0.39 is 0 Å². The molecule has 0 heterocycles. The molecule has 0 bridgehead atoms. The topological polar surface area (TPSA) is 26.0 Å². The molecule has 0 aliphatic heterocycles. The number of rotatable bonds is 1. The van der Waals surface area contributed by atoms with Crippen molar-refractivity contribution >= 4 is 23.2 Å². The summed E-state index contributed by atoms with van der Waals surface area (Å²) in [4.78, 5) is 0. The van der Waals surface area contributed by atoms with Crippen LogP contribution in [-0.2, 0) is 0 Å². The van der Waals surface area contributed by atoms with E-state index >= 15 is 0 Å². The molecule has 3 heteroatoms. The lowest BCUT2D eigenvalue weighted by atomic mass is 9.96. The van der Waals surface area contributed by atoms with Gasteiger partial charge in [0.1, 0.15) is 0 Å². The van der Waals surface area contributed by atoms with Crippen molar-refractivity contribution in [1.82, 2.24) is 0 Å². The molecule has 1 unspecified atom stereocenters. The maximum atomic E-state index is 6.36. The zero-order valence-corrected chi connectivity index (χ0v) is 11.5. The van der Waals surface area contributed by atoms with Gasteiger partial charge in [-0.05, 0) is 29.7 Å². The lowest BCUT2D eigenvalue weighted by molar-refractivity contribution is 0.840. The van der Waals surface area contributed by atoms with E-state index in [1.165, 1.54) is 22.3 Å². The van der Waals surface area contributed by atoms with Crippen LogP contribution in [0.2, 0.25) is 10.0 Å². The van der Waals surface area contributed by atoms with Crippen molar-refractivity contribution in [2.45, 2.75) is 12.8 Å². The molecule has 1 aliphatic carbocycles. The summed E-state index contributed by atoms with van der Waals surface area (Å²) in [6, 6.07) is 10.3. The van der Waals surface area contributed by atoms with Crippen molar-refractivity contribution in [1.29, 1.82) is 0 Å². The Bertz CT molecular complexity index is 635. The first kappa shape index (κ1) is 12.0. The van der Waals surface area contributed by atoms with Crippen LogP contribution in [0.4, 0.5) is 0 Å². The molecule has 1 atom stereocenters. The van der Waals surface area contributed by atoms with Crippen LogP contribution in [0.1, 0.15) is 22.6 Å². The lowest BCUT2D eigenvalue weighted by Crippen LogP contribution is -2.11. The van der Waals surface area contributed by atoms with E-state index in [4.69, 9.17) is 28.9 Å². The van der Waals surface area contributed by atoms with Gasteiger partial charge in [-0.3, -0.25) is 0 Å². The highest BCUT2D eigenvalue weighted by Gasteiger charge is 2.30. The molecule has 1 aliphatic rings. The van der Waals surface area contributed by atoms with E-state index in [9.17, 15) is 0 Å². The SMILES string of the molecule is Cc1ccc2c(c1)C(CN)c1ccc(Cl)c(Cl)c1-2. The number of fused-ring (bicyclic) bond motifs is 3. The van der Waals surface area contributed by atoms with Crippen LogP contribution >= 0.6 is 23.2 Å². The van der Waals surface area contributed by atoms with E-state index in [-0.39, 0.29) is 5.92 Å². The van der Waals surface area contributed by atoms with Crippen LogP contribution in [0.25, 0.3) is 11.1 Å². The summed E-state index contributed by atoms with van der Waals surface area (Å²) in [5, 5.41) is 1.23. The highest BCUT2D eigenvalue weighted by Crippen LogP contribution is 2.49. The van der Waals surface area contributed by atoms with Gasteiger partial charge in [-0.1, -0.05) is 53.0 Å². The summed E-state index contributed by atoms with van der Waals surface area (Å²) in [6.07, 6.45) is 0. The maximum Gasteiger partial charge on any atom is 0.0673 e. The Morgan fingerprint density at radius 3 is 2.61 bits per heavy atom. The van der Waals surface area contributed by atoms with E-state index in [0.717, 1.165) is 5.56 Å². The van der Waals surface area contributed by atoms with Gasteiger partial charge in [-0.25, -0.2) is 0 Å². The largest absolute Gasteiger partial charge is 0.330 e. The number of hydrogen-bond donors (Lipinski definition) is 1. The Morgan fingerprint density at radius 2 is 1.89 bits per heavy atom. The van der Waals surface area contributed by atoms with Gasteiger partial charge in [0.2, 0.25) is 0 Å². The molecule has 2 N–H and O–H groups in total. The quantitative estimate of drug-likeness (QED) is 0.823. The highest BCUT2D eigenvalue weighted by molar-refractivity contribution is 6.44. The van der Waals surface area contributed by atoms with Gasteiger partial charge < -0.3 is 5.73 Å². The Balaban J connectivity index is 2.35. The number of halogens is 2. The molecule has 0 amide bonds. The van der Waals surface area contributed by atoms with Crippen LogP contribution < -0.4 is 5.73 Å². The minimum absolute atomic E-state index is 0.227. The first-order valence-electron chi connectivity index (χ1n) is 5.92. The molecule has 1 nitrogen and oxygen atoms in total. The second-order valence-electron chi connectivity index (χ2n) is 4.70. The molecule has 18 heavy (non-hydrogen) atoms. The second-order valence-corrected chi connectivity index (χ2v) is 5.49. The van der Waals surface area contributed by atoms with Gasteiger partial charge >= 0.3 is 0 Å². The molecule has 0 fully saturated rings. The van der Waals surface area contributed by atoms with Gasteiger partial charge in [0.15, 0.2) is 0 Å². The van der Waals surface area contributed by atoms with E-state index in [0.29, 0.717) is 16.6 Å². The van der Waals surface area contributed by atoms with Crippen LogP contribution in [0.3, 0.4) is 0 Å². The Morgan fingerprint density at radius 1 is 1.11 bits per heavy atom. The Hall–Kier alpha value is -1.02. The Kier molecular flexibility index (Phi) is 2.86. The van der Waals surface area contributed by atoms with Crippen molar-refractivity contribution in [3.05, 3.63) is 57.1 Å². The second kappa shape index (κ2) is 4.27. The number of benzene rings is 2. The summed E-state index contributed by atoms with van der Waals surface area (Å²) in [7, 11) is 0. The van der Waals surface area contributed by atoms with Gasteiger partial charge in [-0.2, -0.15) is 0 Å². The third-order valence-corrected chi connectivity index (χ3v) is 4.39. The smallest absolute Gasteiger partial charge is 0.0673 e. The van der Waals surface area contributed by atoms with Gasteiger partial charge in [0.25, 0.3) is 0 Å². The Labute approximate surface area is 117 Å². The van der Waals surface area contributed by atoms with E-state index in [1.807, 2.05) is 12.1 Å². The summed E-state index contributed by atoms with van der Waals surface area (Å²) < 4.78 is 0. The fourth-order valence-electron chi connectivity index (χ4n) is 2.75. The molecule has 2 aromatic carbocycles. The zero-order valence-electron chi connectivity index (χ0n) is 10.0. The average molecular weight is 278 g/mol. The predicted octanol–water partition coefficient (Wildman–Crippen LogP) is 4.37. The standard InChI is InChI=1S/C15H13Cl2N/c1-8-2-3-9-11(6-8)12(7-18)10-4-5-13(16)15(17)14(9)10/h2-6,12H,7,18H2,1H3. The minimum atomic E-state index is 0.227. The van der Waals surface area contributed by atoms with Gasteiger partial charge in [0, 0.05) is 18.0 Å². The van der Waals surface area contributed by atoms with E-state index in [2.05, 4.69) is 25.1 Å². The van der Waals surface area contributed by atoms with E-state index in [1.54, 1.807) is 0 Å². The maximum absolute atomic E-state index is 6.36. The first-order valence-corrected chi connectivity index (χ1v) is 6.68. The van der Waals surface area contributed by atoms with Crippen molar-refractivity contribution in [3.8, 4) is 11.1 Å². The van der Waals surface area contributed by atoms with Crippen molar-refractivity contribution in [2.24, 2.45) is 5.73 Å². The number of nitrogens with two attached hydrogens (primary N) is 1. The normalized spacial score (nSPS) is 16.6. The highest BCUT2D eigenvalue weighted by atomic mass is 35.5. The molecule has 0 radical (unpaired) electrons. The predicted molar refractivity (Wildman–Crippen MR) is 77.5 cm³/mol. The van der Waals surface area contributed by atoms with Crippen molar-refractivity contribution < 1.29 is 0 Å². The monoisotopic (exact) mass is 277 g/mol. The molecular weight excluding hydrogens is 265 g/mol. The van der Waals surface area contributed by atoms with Crippen LogP contribution in [0.15, 0.2) is 30.3 Å². The summed E-state index contributed by atoms with van der Waals surface area (Å²) >= 11 is 12.5. The molecule has 0 saturated heterocycles. The molecule has 0 saturated carbocycles. The average Bonchev–Trinajstić information content (AvgIpc) is 2.67. The van der Waals surface area contributed by atoms with Gasteiger partial charge in [-0.15, -0.1) is 0 Å². The first-order chi connectivity index (χ1) is 8.63. The fraction of sp³-hybridized carbons (Fsp3) is 0.200. The zero-order chi connectivity index (χ0) is 12.9. The third-order valence-electron chi connectivity index (χ3n) is 3.59. The molecular formula is C15H13Cl2N. The minimum Gasteiger partial charge on any atom is -0.330 e. The fourth-order valence-corrected chi connectivity index (χ4v) is 3.18. The number of aryl methyl sites for hydroxylation is 1. The molecule has 92 valence electrons. The number of hydrogen-bond acceptors (Lipinski definition) is 1. The van der Waals surface area contributed by atoms with Crippen LogP contribution in [0, 0.1) is 6.92 Å². The molecule has 3 rings (SSSR count).